The van der Waals surface area contributed by atoms with E-state index in [1.54, 1.807) is 0 Å². The van der Waals surface area contributed by atoms with Gasteiger partial charge in [0.1, 0.15) is 6.04 Å². The maximum absolute atomic E-state index is 12.2. The summed E-state index contributed by atoms with van der Waals surface area (Å²) in [5.74, 6) is 0.241. The Labute approximate surface area is 137 Å². The number of rotatable bonds is 5. The minimum atomic E-state index is -0.269. The van der Waals surface area contributed by atoms with Gasteiger partial charge in [0.2, 0.25) is 11.8 Å². The molecular weight excluding hydrogens is 290 g/mol. The Bertz CT molecular complexity index is 564. The van der Waals surface area contributed by atoms with Gasteiger partial charge in [-0.2, -0.15) is 0 Å². The SMILES string of the molecule is C[C@@H](Nc1ccc(N2CCCC2=O)cc1)C(=O)NC1CCCC1. The zero-order valence-corrected chi connectivity index (χ0v) is 13.7. The van der Waals surface area contributed by atoms with Gasteiger partial charge in [0, 0.05) is 30.4 Å². The fourth-order valence-corrected chi connectivity index (χ4v) is 3.37. The number of hydrogen-bond acceptors (Lipinski definition) is 3. The summed E-state index contributed by atoms with van der Waals surface area (Å²) in [6.07, 6.45) is 6.18. The minimum absolute atomic E-state index is 0.0516. The number of anilines is 2. The molecule has 1 heterocycles. The summed E-state index contributed by atoms with van der Waals surface area (Å²) < 4.78 is 0. The molecule has 23 heavy (non-hydrogen) atoms. The van der Waals surface area contributed by atoms with Gasteiger partial charge in [-0.15, -0.1) is 0 Å². The van der Waals surface area contributed by atoms with E-state index in [0.717, 1.165) is 37.2 Å². The lowest BCUT2D eigenvalue weighted by molar-refractivity contribution is -0.122. The maximum atomic E-state index is 12.2. The summed E-state index contributed by atoms with van der Waals surface area (Å²) in [4.78, 5) is 25.8. The van der Waals surface area contributed by atoms with E-state index in [-0.39, 0.29) is 17.9 Å². The molecule has 0 unspecified atom stereocenters. The average Bonchev–Trinajstić information content (AvgIpc) is 3.19. The standard InChI is InChI=1S/C18H25N3O2/c1-13(18(23)20-14-5-2-3-6-14)19-15-8-10-16(11-9-15)21-12-4-7-17(21)22/h8-11,13-14,19H,2-7,12H2,1H3,(H,20,23)/t13-/m1/s1. The molecule has 1 aromatic carbocycles. The molecule has 1 aliphatic heterocycles. The second-order valence-corrected chi connectivity index (χ2v) is 6.55. The van der Waals surface area contributed by atoms with Crippen LogP contribution in [0.15, 0.2) is 24.3 Å². The lowest BCUT2D eigenvalue weighted by Gasteiger charge is -2.20. The molecule has 2 fully saturated rings. The van der Waals surface area contributed by atoms with E-state index < -0.39 is 0 Å². The second-order valence-electron chi connectivity index (χ2n) is 6.55. The van der Waals surface area contributed by atoms with Gasteiger partial charge >= 0.3 is 0 Å². The van der Waals surface area contributed by atoms with Crippen molar-refractivity contribution in [1.29, 1.82) is 0 Å². The van der Waals surface area contributed by atoms with Crippen molar-refractivity contribution in [2.75, 3.05) is 16.8 Å². The molecule has 5 heteroatoms. The third-order valence-electron chi connectivity index (χ3n) is 4.73. The highest BCUT2D eigenvalue weighted by Crippen LogP contribution is 2.23. The number of nitrogens with zero attached hydrogens (tertiary/aromatic N) is 1. The summed E-state index contributed by atoms with van der Waals surface area (Å²) >= 11 is 0. The first-order valence-electron chi connectivity index (χ1n) is 8.61. The fourth-order valence-electron chi connectivity index (χ4n) is 3.37. The molecule has 3 rings (SSSR count). The van der Waals surface area contributed by atoms with E-state index in [2.05, 4.69) is 10.6 Å². The van der Waals surface area contributed by atoms with E-state index in [1.165, 1.54) is 12.8 Å². The highest BCUT2D eigenvalue weighted by Gasteiger charge is 2.22. The molecule has 1 atom stereocenters. The number of nitrogens with one attached hydrogen (secondary N) is 2. The smallest absolute Gasteiger partial charge is 0.242 e. The zero-order valence-electron chi connectivity index (χ0n) is 13.7. The van der Waals surface area contributed by atoms with Gasteiger partial charge in [-0.1, -0.05) is 12.8 Å². The van der Waals surface area contributed by atoms with Gasteiger partial charge in [0.25, 0.3) is 0 Å². The third-order valence-corrected chi connectivity index (χ3v) is 4.73. The number of carbonyl (C=O) groups is 2. The molecule has 1 aromatic rings. The Morgan fingerprint density at radius 2 is 1.87 bits per heavy atom. The van der Waals surface area contributed by atoms with Crippen LogP contribution in [0.2, 0.25) is 0 Å². The van der Waals surface area contributed by atoms with Crippen LogP contribution >= 0.6 is 0 Å². The van der Waals surface area contributed by atoms with E-state index >= 15 is 0 Å². The molecular formula is C18H25N3O2. The summed E-state index contributed by atoms with van der Waals surface area (Å²) in [6.45, 7) is 2.67. The van der Waals surface area contributed by atoms with Gasteiger partial charge in [0.05, 0.1) is 0 Å². The van der Waals surface area contributed by atoms with Crippen LogP contribution in [0.4, 0.5) is 11.4 Å². The molecule has 1 saturated heterocycles. The predicted molar refractivity (Wildman–Crippen MR) is 91.5 cm³/mol. The normalized spacial score (nSPS) is 19.9. The first-order chi connectivity index (χ1) is 11.1. The van der Waals surface area contributed by atoms with E-state index in [9.17, 15) is 9.59 Å². The van der Waals surface area contributed by atoms with Gasteiger partial charge in [0.15, 0.2) is 0 Å². The molecule has 5 nitrogen and oxygen atoms in total. The van der Waals surface area contributed by atoms with Crippen molar-refractivity contribution < 1.29 is 9.59 Å². The Kier molecular flexibility index (Phi) is 4.84. The summed E-state index contributed by atoms with van der Waals surface area (Å²) in [7, 11) is 0. The maximum Gasteiger partial charge on any atom is 0.242 e. The van der Waals surface area contributed by atoms with Crippen LogP contribution < -0.4 is 15.5 Å². The van der Waals surface area contributed by atoms with Crippen LogP contribution in [-0.2, 0) is 9.59 Å². The molecule has 2 amide bonds. The molecule has 124 valence electrons. The van der Waals surface area contributed by atoms with Crippen molar-refractivity contribution in [2.24, 2.45) is 0 Å². The number of hydrogen-bond donors (Lipinski definition) is 2. The quantitative estimate of drug-likeness (QED) is 0.878. The Morgan fingerprint density at radius 3 is 2.48 bits per heavy atom. The Balaban J connectivity index is 1.54. The lowest BCUT2D eigenvalue weighted by Crippen LogP contribution is -2.42. The van der Waals surface area contributed by atoms with Crippen LogP contribution in [0.1, 0.15) is 45.4 Å². The van der Waals surface area contributed by atoms with Crippen LogP contribution in [0, 0.1) is 0 Å². The monoisotopic (exact) mass is 315 g/mol. The Morgan fingerprint density at radius 1 is 1.17 bits per heavy atom. The largest absolute Gasteiger partial charge is 0.374 e. The van der Waals surface area contributed by atoms with Crippen molar-refractivity contribution in [3.05, 3.63) is 24.3 Å². The number of benzene rings is 1. The molecule has 1 aliphatic carbocycles. The highest BCUT2D eigenvalue weighted by molar-refractivity contribution is 5.95. The van der Waals surface area contributed by atoms with Crippen molar-refractivity contribution >= 4 is 23.2 Å². The van der Waals surface area contributed by atoms with Gasteiger partial charge < -0.3 is 15.5 Å². The molecule has 0 radical (unpaired) electrons. The first kappa shape index (κ1) is 15.8. The molecule has 0 bridgehead atoms. The fraction of sp³-hybridized carbons (Fsp3) is 0.556. The van der Waals surface area contributed by atoms with Gasteiger partial charge in [-0.05, 0) is 50.5 Å². The number of amides is 2. The highest BCUT2D eigenvalue weighted by atomic mass is 16.2. The molecule has 1 saturated carbocycles. The Hall–Kier alpha value is -2.04. The second kappa shape index (κ2) is 7.02. The molecule has 2 aliphatic rings. The summed E-state index contributed by atoms with van der Waals surface area (Å²) in [5.41, 5.74) is 1.83. The van der Waals surface area contributed by atoms with Crippen LogP contribution in [-0.4, -0.2) is 30.4 Å². The van der Waals surface area contributed by atoms with Crippen molar-refractivity contribution in [1.82, 2.24) is 5.32 Å². The minimum Gasteiger partial charge on any atom is -0.374 e. The van der Waals surface area contributed by atoms with E-state index in [0.29, 0.717) is 12.5 Å². The van der Waals surface area contributed by atoms with Gasteiger partial charge in [-0.3, -0.25) is 9.59 Å². The topological polar surface area (TPSA) is 61.4 Å². The first-order valence-corrected chi connectivity index (χ1v) is 8.61. The number of carbonyl (C=O) groups excluding carboxylic acids is 2. The van der Waals surface area contributed by atoms with Crippen molar-refractivity contribution in [3.63, 3.8) is 0 Å². The predicted octanol–water partition coefficient (Wildman–Crippen LogP) is 2.67. The summed E-state index contributed by atoms with van der Waals surface area (Å²) in [6, 6.07) is 7.81. The molecule has 0 spiro atoms. The van der Waals surface area contributed by atoms with Crippen molar-refractivity contribution in [3.8, 4) is 0 Å². The van der Waals surface area contributed by atoms with Crippen LogP contribution in [0.5, 0.6) is 0 Å². The van der Waals surface area contributed by atoms with Crippen LogP contribution in [0.3, 0.4) is 0 Å². The lowest BCUT2D eigenvalue weighted by atomic mass is 10.2. The van der Waals surface area contributed by atoms with Crippen molar-refractivity contribution in [2.45, 2.75) is 57.5 Å². The van der Waals surface area contributed by atoms with E-state index in [4.69, 9.17) is 0 Å². The van der Waals surface area contributed by atoms with Gasteiger partial charge in [-0.25, -0.2) is 0 Å². The average molecular weight is 315 g/mol. The third kappa shape index (κ3) is 3.84. The van der Waals surface area contributed by atoms with E-state index in [1.807, 2.05) is 36.1 Å². The zero-order chi connectivity index (χ0) is 16.2. The molecule has 0 aromatic heterocycles. The summed E-state index contributed by atoms with van der Waals surface area (Å²) in [5, 5.41) is 6.34. The van der Waals surface area contributed by atoms with Crippen LogP contribution in [0.25, 0.3) is 0 Å². The molecule has 2 N–H and O–H groups in total.